The third-order valence-electron chi connectivity index (χ3n) is 2.77. The molecule has 0 radical (unpaired) electrons. The molecule has 1 heterocycles. The van der Waals surface area contributed by atoms with E-state index in [0.29, 0.717) is 6.54 Å². The molecule has 0 aliphatic heterocycles. The van der Waals surface area contributed by atoms with Crippen molar-refractivity contribution >= 4 is 33.2 Å². The maximum Gasteiger partial charge on any atom is 0.0865 e. The van der Waals surface area contributed by atoms with Gasteiger partial charge in [-0.1, -0.05) is 23.7 Å². The fourth-order valence-electron chi connectivity index (χ4n) is 1.82. The highest BCUT2D eigenvalue weighted by Gasteiger charge is 2.12. The highest BCUT2D eigenvalue weighted by atomic mass is 79.9. The van der Waals surface area contributed by atoms with Crippen LogP contribution < -0.4 is 5.32 Å². The van der Waals surface area contributed by atoms with E-state index in [9.17, 15) is 0 Å². The number of halogens is 2. The Hall–Kier alpha value is -1.000. The second kappa shape index (κ2) is 5.76. The third kappa shape index (κ3) is 2.70. The van der Waals surface area contributed by atoms with Gasteiger partial charge in [-0.2, -0.15) is 5.10 Å². The molecule has 0 atom stereocenters. The van der Waals surface area contributed by atoms with Crippen molar-refractivity contribution in [3.63, 3.8) is 0 Å². The van der Waals surface area contributed by atoms with Gasteiger partial charge < -0.3 is 5.32 Å². The van der Waals surface area contributed by atoms with Crippen LogP contribution in [0.1, 0.15) is 18.3 Å². The summed E-state index contributed by atoms with van der Waals surface area (Å²) in [6.45, 7) is 5.47. The van der Waals surface area contributed by atoms with E-state index >= 15 is 0 Å². The number of rotatable bonds is 4. The monoisotopic (exact) mass is 327 g/mol. The maximum atomic E-state index is 6.26. The van der Waals surface area contributed by atoms with Crippen LogP contribution >= 0.6 is 27.5 Å². The van der Waals surface area contributed by atoms with Gasteiger partial charge in [0.2, 0.25) is 0 Å². The number of nitrogens with one attached hydrogen (secondary N) is 1. The van der Waals surface area contributed by atoms with Gasteiger partial charge in [-0.3, -0.25) is 4.68 Å². The summed E-state index contributed by atoms with van der Waals surface area (Å²) in [6.07, 6.45) is 0. The molecular formula is C13H15BrClN3. The normalized spacial score (nSPS) is 10.7. The number of hydrogen-bond donors (Lipinski definition) is 1. The molecule has 0 aliphatic carbocycles. The average Bonchev–Trinajstić information content (AvgIpc) is 2.65. The molecular weight excluding hydrogens is 314 g/mol. The minimum atomic E-state index is 0.663. The summed E-state index contributed by atoms with van der Waals surface area (Å²) >= 11 is 9.77. The van der Waals surface area contributed by atoms with E-state index in [0.717, 1.165) is 33.1 Å². The van der Waals surface area contributed by atoms with Crippen molar-refractivity contribution in [1.29, 1.82) is 0 Å². The second-order valence-electron chi connectivity index (χ2n) is 4.00. The highest BCUT2D eigenvalue weighted by Crippen LogP contribution is 2.24. The summed E-state index contributed by atoms with van der Waals surface area (Å²) in [5.41, 5.74) is 2.95. The second-order valence-corrected chi connectivity index (χ2v) is 5.23. The lowest BCUT2D eigenvalue weighted by atomic mass is 10.3. The van der Waals surface area contributed by atoms with Crippen LogP contribution in [0, 0.1) is 6.92 Å². The summed E-state index contributed by atoms with van der Waals surface area (Å²) in [5, 5.41) is 8.51. The number of aromatic nitrogens is 2. The van der Waals surface area contributed by atoms with E-state index < -0.39 is 0 Å². The molecule has 0 spiro atoms. The number of benzene rings is 1. The molecule has 0 bridgehead atoms. The van der Waals surface area contributed by atoms with Crippen molar-refractivity contribution in [3.05, 3.63) is 45.1 Å². The molecule has 0 saturated carbocycles. The number of nitrogens with zero attached hydrogens (tertiary/aromatic N) is 2. The number of hydrogen-bond acceptors (Lipinski definition) is 2. The van der Waals surface area contributed by atoms with Gasteiger partial charge in [-0.05, 0) is 41.9 Å². The Morgan fingerprint density at radius 2 is 2.11 bits per heavy atom. The first-order valence-corrected chi connectivity index (χ1v) is 7.00. The molecule has 18 heavy (non-hydrogen) atoms. The average molecular weight is 329 g/mol. The number of para-hydroxylation sites is 1. The van der Waals surface area contributed by atoms with E-state index in [-0.39, 0.29) is 0 Å². The van der Waals surface area contributed by atoms with E-state index in [1.165, 1.54) is 0 Å². The quantitative estimate of drug-likeness (QED) is 0.910. The van der Waals surface area contributed by atoms with Gasteiger partial charge in [0, 0.05) is 16.7 Å². The zero-order valence-electron chi connectivity index (χ0n) is 10.4. The van der Waals surface area contributed by atoms with Crippen molar-refractivity contribution in [2.75, 3.05) is 5.32 Å². The molecule has 2 aromatic rings. The molecule has 1 aromatic heterocycles. The van der Waals surface area contributed by atoms with E-state index in [1.807, 2.05) is 35.9 Å². The van der Waals surface area contributed by atoms with Crippen molar-refractivity contribution in [3.8, 4) is 0 Å². The zero-order chi connectivity index (χ0) is 13.1. The summed E-state index contributed by atoms with van der Waals surface area (Å²) in [5.74, 6) is 0. The fraction of sp³-hybridized carbons (Fsp3) is 0.308. The van der Waals surface area contributed by atoms with Crippen molar-refractivity contribution in [2.45, 2.75) is 26.9 Å². The molecule has 1 N–H and O–H groups in total. The Bertz CT molecular complexity index is 551. The molecule has 3 nitrogen and oxygen atoms in total. The third-order valence-corrected chi connectivity index (χ3v) is 3.96. The van der Waals surface area contributed by atoms with Gasteiger partial charge in [0.25, 0.3) is 0 Å². The van der Waals surface area contributed by atoms with Crippen LogP contribution in [-0.4, -0.2) is 9.78 Å². The minimum absolute atomic E-state index is 0.663. The number of aryl methyl sites for hydroxylation is 2. The van der Waals surface area contributed by atoms with Crippen molar-refractivity contribution in [2.24, 2.45) is 0 Å². The molecule has 1 aromatic carbocycles. The van der Waals surface area contributed by atoms with Crippen LogP contribution in [0.4, 0.5) is 5.69 Å². The first-order chi connectivity index (χ1) is 8.63. The topological polar surface area (TPSA) is 29.9 Å². The van der Waals surface area contributed by atoms with Crippen LogP contribution in [0.25, 0.3) is 0 Å². The Labute approximate surface area is 120 Å². The lowest BCUT2D eigenvalue weighted by molar-refractivity contribution is 0.623. The zero-order valence-corrected chi connectivity index (χ0v) is 12.7. The smallest absolute Gasteiger partial charge is 0.0865 e. The van der Waals surface area contributed by atoms with Crippen LogP contribution in [0.2, 0.25) is 5.02 Å². The van der Waals surface area contributed by atoms with Crippen molar-refractivity contribution < 1.29 is 0 Å². The van der Waals surface area contributed by atoms with Gasteiger partial charge in [0.05, 0.1) is 23.0 Å². The van der Waals surface area contributed by atoms with Gasteiger partial charge in [-0.15, -0.1) is 0 Å². The number of anilines is 1. The standard InChI is InChI=1S/C13H15BrClN3/c1-3-18-12(13(15)9(2)17-18)8-16-11-7-5-4-6-10(11)14/h4-7,16H,3,8H2,1-2H3. The Balaban J connectivity index is 2.18. The van der Waals surface area contributed by atoms with Gasteiger partial charge in [-0.25, -0.2) is 0 Å². The van der Waals surface area contributed by atoms with Gasteiger partial charge in [0.1, 0.15) is 0 Å². The Morgan fingerprint density at radius 1 is 1.39 bits per heavy atom. The largest absolute Gasteiger partial charge is 0.378 e. The lowest BCUT2D eigenvalue weighted by Gasteiger charge is -2.10. The Morgan fingerprint density at radius 3 is 2.78 bits per heavy atom. The fourth-order valence-corrected chi connectivity index (χ4v) is 2.45. The van der Waals surface area contributed by atoms with Gasteiger partial charge in [0.15, 0.2) is 0 Å². The van der Waals surface area contributed by atoms with Crippen LogP contribution in [0.5, 0.6) is 0 Å². The van der Waals surface area contributed by atoms with E-state index in [2.05, 4.69) is 33.3 Å². The maximum absolute atomic E-state index is 6.26. The minimum Gasteiger partial charge on any atom is -0.378 e. The first kappa shape index (κ1) is 13.4. The van der Waals surface area contributed by atoms with Crippen molar-refractivity contribution in [1.82, 2.24) is 9.78 Å². The van der Waals surface area contributed by atoms with E-state index in [1.54, 1.807) is 0 Å². The SMILES string of the molecule is CCn1nc(C)c(Cl)c1CNc1ccccc1Br. The highest BCUT2D eigenvalue weighted by molar-refractivity contribution is 9.10. The summed E-state index contributed by atoms with van der Waals surface area (Å²) in [6, 6.07) is 8.02. The summed E-state index contributed by atoms with van der Waals surface area (Å²) in [4.78, 5) is 0. The molecule has 0 amide bonds. The molecule has 0 aliphatic rings. The first-order valence-electron chi connectivity index (χ1n) is 5.83. The predicted molar refractivity (Wildman–Crippen MR) is 79.1 cm³/mol. The lowest BCUT2D eigenvalue weighted by Crippen LogP contribution is -2.08. The van der Waals surface area contributed by atoms with Gasteiger partial charge >= 0.3 is 0 Å². The van der Waals surface area contributed by atoms with Crippen LogP contribution in [-0.2, 0) is 13.1 Å². The molecule has 5 heteroatoms. The molecule has 0 unspecified atom stereocenters. The molecule has 96 valence electrons. The molecule has 0 saturated heterocycles. The summed E-state index contributed by atoms with van der Waals surface area (Å²) < 4.78 is 2.97. The van der Waals surface area contributed by atoms with Crippen LogP contribution in [0.15, 0.2) is 28.7 Å². The summed E-state index contributed by atoms with van der Waals surface area (Å²) in [7, 11) is 0. The van der Waals surface area contributed by atoms with Crippen LogP contribution in [0.3, 0.4) is 0 Å². The van der Waals surface area contributed by atoms with E-state index in [4.69, 9.17) is 11.6 Å². The molecule has 2 rings (SSSR count). The Kier molecular flexibility index (Phi) is 4.30. The predicted octanol–water partition coefficient (Wildman–Crippen LogP) is 4.24. The molecule has 0 fully saturated rings.